The standard InChI is InChI=1S/C14H25N7/c1-5-8-21-14(9-16-19-21)13(17-15)7-6-12-10(2)18-20(4)11(12)3/h9,13,17H,5-8,15H2,1-4H3. The minimum absolute atomic E-state index is 0.0468. The summed E-state index contributed by atoms with van der Waals surface area (Å²) in [5.74, 6) is 5.73. The van der Waals surface area contributed by atoms with Gasteiger partial charge in [-0.15, -0.1) is 5.10 Å². The Labute approximate surface area is 125 Å². The normalized spacial score (nSPS) is 12.8. The summed E-state index contributed by atoms with van der Waals surface area (Å²) in [6, 6.07) is 0.0468. The van der Waals surface area contributed by atoms with Crippen LogP contribution in [0.4, 0.5) is 0 Å². The lowest BCUT2D eigenvalue weighted by molar-refractivity contribution is 0.454. The third kappa shape index (κ3) is 3.30. The Bertz CT molecular complexity index is 584. The first-order valence-electron chi connectivity index (χ1n) is 7.42. The number of rotatable bonds is 7. The van der Waals surface area contributed by atoms with E-state index < -0.39 is 0 Å². The van der Waals surface area contributed by atoms with Crippen LogP contribution in [0.25, 0.3) is 0 Å². The summed E-state index contributed by atoms with van der Waals surface area (Å²) in [6.07, 6.45) is 4.64. The van der Waals surface area contributed by atoms with E-state index >= 15 is 0 Å². The van der Waals surface area contributed by atoms with Gasteiger partial charge in [0.2, 0.25) is 0 Å². The summed E-state index contributed by atoms with van der Waals surface area (Å²) in [5.41, 5.74) is 7.53. The maximum absolute atomic E-state index is 5.73. The van der Waals surface area contributed by atoms with Crippen LogP contribution in [0, 0.1) is 13.8 Å². The van der Waals surface area contributed by atoms with Crippen molar-refractivity contribution in [1.82, 2.24) is 30.2 Å². The van der Waals surface area contributed by atoms with E-state index in [0.717, 1.165) is 37.2 Å². The summed E-state index contributed by atoms with van der Waals surface area (Å²) in [7, 11) is 1.98. The van der Waals surface area contributed by atoms with Gasteiger partial charge in [0.1, 0.15) is 0 Å². The van der Waals surface area contributed by atoms with Crippen molar-refractivity contribution in [2.75, 3.05) is 0 Å². The number of aryl methyl sites for hydroxylation is 3. The summed E-state index contributed by atoms with van der Waals surface area (Å²) < 4.78 is 3.85. The van der Waals surface area contributed by atoms with Gasteiger partial charge in [-0.2, -0.15) is 5.10 Å². The highest BCUT2D eigenvalue weighted by molar-refractivity contribution is 5.24. The van der Waals surface area contributed by atoms with E-state index in [1.54, 1.807) is 6.20 Å². The summed E-state index contributed by atoms with van der Waals surface area (Å²) in [5, 5.41) is 12.6. The molecule has 0 aliphatic rings. The van der Waals surface area contributed by atoms with E-state index in [0.29, 0.717) is 0 Å². The summed E-state index contributed by atoms with van der Waals surface area (Å²) in [4.78, 5) is 0. The van der Waals surface area contributed by atoms with Crippen molar-refractivity contribution in [2.45, 2.75) is 52.6 Å². The number of nitrogens with two attached hydrogens (primary N) is 1. The fourth-order valence-electron chi connectivity index (χ4n) is 2.71. The summed E-state index contributed by atoms with van der Waals surface area (Å²) >= 11 is 0. The number of hydrogen-bond donors (Lipinski definition) is 2. The zero-order chi connectivity index (χ0) is 15.4. The van der Waals surface area contributed by atoms with Gasteiger partial charge < -0.3 is 0 Å². The van der Waals surface area contributed by atoms with Crippen LogP contribution in [0.2, 0.25) is 0 Å². The van der Waals surface area contributed by atoms with E-state index in [9.17, 15) is 0 Å². The van der Waals surface area contributed by atoms with Gasteiger partial charge in [-0.25, -0.2) is 4.68 Å². The third-order valence-corrected chi connectivity index (χ3v) is 3.98. The van der Waals surface area contributed by atoms with Gasteiger partial charge in [-0.3, -0.25) is 16.0 Å². The molecule has 2 aromatic rings. The lowest BCUT2D eigenvalue weighted by Crippen LogP contribution is -2.30. The molecule has 0 spiro atoms. The Hall–Kier alpha value is -1.73. The number of nitrogens with one attached hydrogen (secondary N) is 1. The van der Waals surface area contributed by atoms with Gasteiger partial charge in [0.25, 0.3) is 0 Å². The van der Waals surface area contributed by atoms with E-state index in [1.165, 1.54) is 11.3 Å². The molecule has 0 saturated heterocycles. The smallest absolute Gasteiger partial charge is 0.0770 e. The van der Waals surface area contributed by atoms with Crippen LogP contribution in [0.5, 0.6) is 0 Å². The average molecular weight is 291 g/mol. The third-order valence-electron chi connectivity index (χ3n) is 3.98. The molecule has 116 valence electrons. The molecule has 0 saturated carbocycles. The largest absolute Gasteiger partial charge is 0.272 e. The van der Waals surface area contributed by atoms with Crippen LogP contribution in [-0.2, 0) is 20.0 Å². The van der Waals surface area contributed by atoms with Crippen molar-refractivity contribution < 1.29 is 0 Å². The highest BCUT2D eigenvalue weighted by Gasteiger charge is 2.17. The topological polar surface area (TPSA) is 86.6 Å². The van der Waals surface area contributed by atoms with Gasteiger partial charge in [0.15, 0.2) is 0 Å². The first kappa shape index (κ1) is 15.7. The first-order chi connectivity index (χ1) is 10.1. The molecule has 0 aliphatic heterocycles. The number of nitrogens with zero attached hydrogens (tertiary/aromatic N) is 5. The Morgan fingerprint density at radius 1 is 1.38 bits per heavy atom. The van der Waals surface area contributed by atoms with Crippen molar-refractivity contribution in [3.8, 4) is 0 Å². The van der Waals surface area contributed by atoms with Crippen molar-refractivity contribution in [1.29, 1.82) is 0 Å². The fraction of sp³-hybridized carbons (Fsp3) is 0.643. The molecule has 1 atom stereocenters. The van der Waals surface area contributed by atoms with Crippen LogP contribution in [0.3, 0.4) is 0 Å². The number of aromatic nitrogens is 5. The SMILES string of the molecule is CCCn1nncc1C(CCc1c(C)nn(C)c1C)NN. The Balaban J connectivity index is 2.10. The molecule has 0 aromatic carbocycles. The second-order valence-corrected chi connectivity index (χ2v) is 5.41. The van der Waals surface area contributed by atoms with Crippen molar-refractivity contribution in [2.24, 2.45) is 12.9 Å². The van der Waals surface area contributed by atoms with Crippen LogP contribution < -0.4 is 11.3 Å². The van der Waals surface area contributed by atoms with E-state index in [4.69, 9.17) is 5.84 Å². The minimum atomic E-state index is 0.0468. The highest BCUT2D eigenvalue weighted by Crippen LogP contribution is 2.21. The molecule has 2 aromatic heterocycles. The van der Waals surface area contributed by atoms with Crippen molar-refractivity contribution in [3.05, 3.63) is 28.8 Å². The zero-order valence-electron chi connectivity index (χ0n) is 13.3. The summed E-state index contributed by atoms with van der Waals surface area (Å²) in [6.45, 7) is 7.14. The van der Waals surface area contributed by atoms with Gasteiger partial charge in [-0.05, 0) is 38.7 Å². The molecule has 2 heterocycles. The first-order valence-corrected chi connectivity index (χ1v) is 7.42. The van der Waals surface area contributed by atoms with E-state index in [-0.39, 0.29) is 6.04 Å². The molecule has 2 rings (SSSR count). The van der Waals surface area contributed by atoms with Gasteiger partial charge in [0, 0.05) is 19.3 Å². The molecular formula is C14H25N7. The molecule has 0 aliphatic carbocycles. The molecule has 0 amide bonds. The minimum Gasteiger partial charge on any atom is -0.272 e. The lowest BCUT2D eigenvalue weighted by atomic mass is 10.0. The lowest BCUT2D eigenvalue weighted by Gasteiger charge is -2.16. The maximum atomic E-state index is 5.73. The fourth-order valence-corrected chi connectivity index (χ4v) is 2.71. The Morgan fingerprint density at radius 2 is 2.14 bits per heavy atom. The average Bonchev–Trinajstić information content (AvgIpc) is 3.00. The highest BCUT2D eigenvalue weighted by atomic mass is 15.4. The molecule has 0 bridgehead atoms. The zero-order valence-corrected chi connectivity index (χ0v) is 13.3. The van der Waals surface area contributed by atoms with Crippen LogP contribution in [-0.4, -0.2) is 24.8 Å². The van der Waals surface area contributed by atoms with Crippen LogP contribution in [0.15, 0.2) is 6.20 Å². The van der Waals surface area contributed by atoms with E-state index in [1.807, 2.05) is 16.4 Å². The van der Waals surface area contributed by atoms with E-state index in [2.05, 4.69) is 41.6 Å². The molecule has 7 heteroatoms. The van der Waals surface area contributed by atoms with Gasteiger partial charge in [0.05, 0.1) is 23.6 Å². The predicted octanol–water partition coefficient (Wildman–Crippen LogP) is 1.18. The van der Waals surface area contributed by atoms with Crippen molar-refractivity contribution >= 4 is 0 Å². The van der Waals surface area contributed by atoms with Gasteiger partial charge in [-0.1, -0.05) is 12.1 Å². The Kier molecular flexibility index (Phi) is 5.08. The molecule has 0 fully saturated rings. The quantitative estimate of drug-likeness (QED) is 0.591. The molecular weight excluding hydrogens is 266 g/mol. The second-order valence-electron chi connectivity index (χ2n) is 5.41. The second kappa shape index (κ2) is 6.82. The molecule has 0 radical (unpaired) electrons. The Morgan fingerprint density at radius 3 is 2.71 bits per heavy atom. The molecule has 21 heavy (non-hydrogen) atoms. The van der Waals surface area contributed by atoms with Crippen LogP contribution in [0.1, 0.15) is 48.5 Å². The monoisotopic (exact) mass is 291 g/mol. The van der Waals surface area contributed by atoms with Crippen LogP contribution >= 0.6 is 0 Å². The molecule has 3 N–H and O–H groups in total. The predicted molar refractivity (Wildman–Crippen MR) is 81.4 cm³/mol. The molecule has 1 unspecified atom stereocenters. The van der Waals surface area contributed by atoms with Gasteiger partial charge >= 0.3 is 0 Å². The van der Waals surface area contributed by atoms with Crippen molar-refractivity contribution in [3.63, 3.8) is 0 Å². The number of hydrogen-bond acceptors (Lipinski definition) is 5. The maximum Gasteiger partial charge on any atom is 0.0770 e. The molecule has 7 nitrogen and oxygen atoms in total. The number of hydrazine groups is 1.